The lowest BCUT2D eigenvalue weighted by Gasteiger charge is -2.19. The Balaban J connectivity index is 2.74. The summed E-state index contributed by atoms with van der Waals surface area (Å²) in [7, 11) is 0. The molecule has 1 amide bonds. The van der Waals surface area contributed by atoms with Gasteiger partial charge in [-0.15, -0.1) is 0 Å². The van der Waals surface area contributed by atoms with Crippen LogP contribution >= 0.6 is 0 Å². The van der Waals surface area contributed by atoms with Crippen LogP contribution in [0, 0.1) is 10.1 Å². The van der Waals surface area contributed by atoms with Crippen LogP contribution in [0.4, 0.5) is 5.69 Å². The first-order valence-electron chi connectivity index (χ1n) is 5.29. The number of rotatable bonds is 5. The van der Waals surface area contributed by atoms with E-state index >= 15 is 0 Å². The molecule has 1 rings (SSSR count). The minimum Gasteiger partial charge on any atom is -0.338 e. The van der Waals surface area contributed by atoms with Crippen LogP contribution in [0.25, 0.3) is 0 Å². The van der Waals surface area contributed by atoms with E-state index in [1.807, 2.05) is 6.92 Å². The van der Waals surface area contributed by atoms with Crippen LogP contribution in [0.5, 0.6) is 0 Å². The number of non-ortho nitro benzene ring substituents is 1. The second kappa shape index (κ2) is 5.95. The number of hydrogen-bond donors (Lipinski definition) is 1. The van der Waals surface area contributed by atoms with E-state index in [9.17, 15) is 14.9 Å². The van der Waals surface area contributed by atoms with Crippen LogP contribution in [0.2, 0.25) is 0 Å². The number of benzene rings is 1. The molecule has 0 spiro atoms. The Labute approximate surface area is 99.2 Å². The van der Waals surface area contributed by atoms with Gasteiger partial charge >= 0.3 is 0 Å². The Morgan fingerprint density at radius 2 is 2.00 bits per heavy atom. The zero-order valence-corrected chi connectivity index (χ0v) is 9.63. The molecule has 0 aliphatic carbocycles. The van der Waals surface area contributed by atoms with Crippen LogP contribution in [-0.4, -0.2) is 28.8 Å². The molecule has 0 heterocycles. The molecule has 1 aromatic carbocycles. The van der Waals surface area contributed by atoms with Crippen LogP contribution < -0.4 is 5.73 Å². The maximum Gasteiger partial charge on any atom is 0.269 e. The fourth-order valence-corrected chi connectivity index (χ4v) is 1.45. The Bertz CT molecular complexity index is 403. The first kappa shape index (κ1) is 13.1. The Morgan fingerprint density at radius 1 is 1.41 bits per heavy atom. The minimum absolute atomic E-state index is 0.0270. The molecule has 2 N–H and O–H groups in total. The molecular weight excluding hydrogens is 222 g/mol. The third-order valence-electron chi connectivity index (χ3n) is 2.43. The topological polar surface area (TPSA) is 89.5 Å². The number of likely N-dealkylation sites (N-methyl/N-ethyl adjacent to an activating group) is 1. The van der Waals surface area contributed by atoms with Crippen molar-refractivity contribution in [3.05, 3.63) is 39.9 Å². The van der Waals surface area contributed by atoms with E-state index in [1.165, 1.54) is 12.1 Å². The average molecular weight is 237 g/mol. The quantitative estimate of drug-likeness (QED) is 0.608. The highest BCUT2D eigenvalue weighted by atomic mass is 16.6. The van der Waals surface area contributed by atoms with Crippen LogP contribution in [-0.2, 0) is 11.3 Å². The molecule has 17 heavy (non-hydrogen) atoms. The predicted molar refractivity (Wildman–Crippen MR) is 63.2 cm³/mol. The molecule has 0 fully saturated rings. The minimum atomic E-state index is -0.452. The van der Waals surface area contributed by atoms with Gasteiger partial charge in [-0.05, 0) is 12.5 Å². The van der Waals surface area contributed by atoms with E-state index in [0.29, 0.717) is 13.1 Å². The monoisotopic (exact) mass is 237 g/mol. The molecule has 0 saturated heterocycles. The number of nitro groups is 1. The summed E-state index contributed by atoms with van der Waals surface area (Å²) in [4.78, 5) is 23.0. The average Bonchev–Trinajstić information content (AvgIpc) is 2.35. The lowest BCUT2D eigenvalue weighted by molar-refractivity contribution is -0.384. The van der Waals surface area contributed by atoms with Crippen LogP contribution in [0.3, 0.4) is 0 Å². The first-order chi connectivity index (χ1) is 8.08. The van der Waals surface area contributed by atoms with Crippen molar-refractivity contribution >= 4 is 11.6 Å². The van der Waals surface area contributed by atoms with Gasteiger partial charge in [0.25, 0.3) is 5.69 Å². The van der Waals surface area contributed by atoms with E-state index in [2.05, 4.69) is 0 Å². The highest BCUT2D eigenvalue weighted by Crippen LogP contribution is 2.13. The van der Waals surface area contributed by atoms with Gasteiger partial charge < -0.3 is 10.6 Å². The van der Waals surface area contributed by atoms with Crippen molar-refractivity contribution in [2.45, 2.75) is 13.5 Å². The van der Waals surface area contributed by atoms with Crippen molar-refractivity contribution in [1.82, 2.24) is 4.90 Å². The predicted octanol–water partition coefficient (Wildman–Crippen LogP) is 0.902. The highest BCUT2D eigenvalue weighted by molar-refractivity contribution is 5.77. The van der Waals surface area contributed by atoms with Crippen molar-refractivity contribution < 1.29 is 9.72 Å². The Morgan fingerprint density at radius 3 is 2.41 bits per heavy atom. The molecule has 0 unspecified atom stereocenters. The lowest BCUT2D eigenvalue weighted by atomic mass is 10.2. The molecule has 0 radical (unpaired) electrons. The largest absolute Gasteiger partial charge is 0.338 e. The first-order valence-corrected chi connectivity index (χ1v) is 5.29. The number of amides is 1. The van der Waals surface area contributed by atoms with Gasteiger partial charge in [0.05, 0.1) is 11.5 Å². The number of nitrogens with zero attached hydrogens (tertiary/aromatic N) is 2. The number of carbonyl (C=O) groups is 1. The Kier molecular flexibility index (Phi) is 4.59. The Hall–Kier alpha value is -1.95. The zero-order chi connectivity index (χ0) is 12.8. The third-order valence-corrected chi connectivity index (χ3v) is 2.43. The number of nitro benzene ring substituents is 1. The van der Waals surface area contributed by atoms with Gasteiger partial charge in [-0.1, -0.05) is 12.1 Å². The number of nitrogens with two attached hydrogens (primary N) is 1. The van der Waals surface area contributed by atoms with Crippen molar-refractivity contribution in [2.24, 2.45) is 5.73 Å². The van der Waals surface area contributed by atoms with Crippen LogP contribution in [0.15, 0.2) is 24.3 Å². The molecule has 0 aromatic heterocycles. The van der Waals surface area contributed by atoms with Crippen molar-refractivity contribution in [3.63, 3.8) is 0 Å². The van der Waals surface area contributed by atoms with Gasteiger partial charge in [-0.3, -0.25) is 14.9 Å². The number of carbonyl (C=O) groups excluding carboxylic acids is 1. The summed E-state index contributed by atoms with van der Waals surface area (Å²) < 4.78 is 0. The van der Waals surface area contributed by atoms with Gasteiger partial charge in [0, 0.05) is 25.2 Å². The smallest absolute Gasteiger partial charge is 0.269 e. The molecule has 6 heteroatoms. The summed E-state index contributed by atoms with van der Waals surface area (Å²) in [6, 6.07) is 6.14. The molecule has 92 valence electrons. The summed E-state index contributed by atoms with van der Waals surface area (Å²) in [5.41, 5.74) is 6.18. The number of hydrogen-bond acceptors (Lipinski definition) is 4. The van der Waals surface area contributed by atoms with Gasteiger partial charge in [0.15, 0.2) is 0 Å². The molecule has 1 aromatic rings. The van der Waals surface area contributed by atoms with Gasteiger partial charge in [-0.2, -0.15) is 0 Å². The summed E-state index contributed by atoms with van der Waals surface area (Å²) in [5, 5.41) is 10.5. The standard InChI is InChI=1S/C11H15N3O3/c1-2-13(11(15)7-12)8-9-3-5-10(6-4-9)14(16)17/h3-6H,2,7-8,12H2,1H3. The van der Waals surface area contributed by atoms with Crippen molar-refractivity contribution in [2.75, 3.05) is 13.1 Å². The fraction of sp³-hybridized carbons (Fsp3) is 0.364. The van der Waals surface area contributed by atoms with Crippen molar-refractivity contribution in [3.8, 4) is 0 Å². The summed E-state index contributed by atoms with van der Waals surface area (Å²) in [6.45, 7) is 2.82. The van der Waals surface area contributed by atoms with E-state index in [0.717, 1.165) is 5.56 Å². The highest BCUT2D eigenvalue weighted by Gasteiger charge is 2.11. The molecule has 0 atom stereocenters. The van der Waals surface area contributed by atoms with Crippen LogP contribution in [0.1, 0.15) is 12.5 Å². The molecule has 0 aliphatic rings. The van der Waals surface area contributed by atoms with Gasteiger partial charge in [-0.25, -0.2) is 0 Å². The van der Waals surface area contributed by atoms with E-state index in [1.54, 1.807) is 17.0 Å². The normalized spacial score (nSPS) is 10.0. The second-order valence-electron chi connectivity index (χ2n) is 3.54. The molecular formula is C11H15N3O3. The summed E-state index contributed by atoms with van der Waals surface area (Å²) in [5.74, 6) is -0.133. The maximum atomic E-state index is 11.4. The fourth-order valence-electron chi connectivity index (χ4n) is 1.45. The van der Waals surface area contributed by atoms with Gasteiger partial charge in [0.1, 0.15) is 0 Å². The molecule has 6 nitrogen and oxygen atoms in total. The third kappa shape index (κ3) is 3.53. The van der Waals surface area contributed by atoms with Crippen molar-refractivity contribution in [1.29, 1.82) is 0 Å². The summed E-state index contributed by atoms with van der Waals surface area (Å²) in [6.07, 6.45) is 0. The molecule has 0 saturated carbocycles. The lowest BCUT2D eigenvalue weighted by Crippen LogP contribution is -2.35. The van der Waals surface area contributed by atoms with E-state index in [-0.39, 0.29) is 18.1 Å². The van der Waals surface area contributed by atoms with E-state index < -0.39 is 4.92 Å². The maximum absolute atomic E-state index is 11.4. The van der Waals surface area contributed by atoms with E-state index in [4.69, 9.17) is 5.73 Å². The molecule has 0 bridgehead atoms. The SMILES string of the molecule is CCN(Cc1ccc([N+](=O)[O-])cc1)C(=O)CN. The zero-order valence-electron chi connectivity index (χ0n) is 9.63. The molecule has 0 aliphatic heterocycles. The van der Waals surface area contributed by atoms with Gasteiger partial charge in [0.2, 0.25) is 5.91 Å². The summed E-state index contributed by atoms with van der Waals surface area (Å²) >= 11 is 0. The second-order valence-corrected chi connectivity index (χ2v) is 3.54.